The molecular formula is C20H19F4NO3. The highest BCUT2D eigenvalue weighted by atomic mass is 19.3. The van der Waals surface area contributed by atoms with Crippen molar-refractivity contribution in [3.63, 3.8) is 0 Å². The second-order valence-corrected chi connectivity index (χ2v) is 7.05. The Bertz CT molecular complexity index is 750. The maximum absolute atomic E-state index is 12.8. The van der Waals surface area contributed by atoms with Crippen molar-refractivity contribution in [3.05, 3.63) is 70.8 Å². The SMILES string of the molecule is OC[C@]12COC(c3ccc(C(F)F)cc3)N1[C@H](c1ccc(C(F)F)cc1)OC2. The smallest absolute Gasteiger partial charge is 0.263 e. The number of ether oxygens (including phenoxy) is 2. The minimum Gasteiger partial charge on any atom is -0.394 e. The van der Waals surface area contributed by atoms with Crippen molar-refractivity contribution in [1.29, 1.82) is 0 Å². The van der Waals surface area contributed by atoms with E-state index in [2.05, 4.69) is 0 Å². The molecule has 0 spiro atoms. The van der Waals surface area contributed by atoms with Crippen molar-refractivity contribution in [2.75, 3.05) is 19.8 Å². The monoisotopic (exact) mass is 397 g/mol. The zero-order chi connectivity index (χ0) is 19.9. The fourth-order valence-corrected chi connectivity index (χ4v) is 3.74. The number of benzene rings is 2. The Morgan fingerprint density at radius 1 is 0.821 bits per heavy atom. The van der Waals surface area contributed by atoms with E-state index in [1.165, 1.54) is 24.3 Å². The lowest BCUT2D eigenvalue weighted by Gasteiger charge is -2.33. The number of halogens is 4. The van der Waals surface area contributed by atoms with Gasteiger partial charge in [0.05, 0.1) is 25.4 Å². The summed E-state index contributed by atoms with van der Waals surface area (Å²) in [4.78, 5) is 1.85. The molecule has 2 heterocycles. The first-order chi connectivity index (χ1) is 13.4. The van der Waals surface area contributed by atoms with Crippen molar-refractivity contribution < 1.29 is 32.1 Å². The van der Waals surface area contributed by atoms with Crippen LogP contribution in [-0.4, -0.2) is 35.4 Å². The molecule has 2 fully saturated rings. The molecule has 0 saturated carbocycles. The van der Waals surface area contributed by atoms with Gasteiger partial charge in [-0.1, -0.05) is 48.5 Å². The molecule has 0 amide bonds. The van der Waals surface area contributed by atoms with Crippen LogP contribution in [-0.2, 0) is 9.47 Å². The third-order valence-electron chi connectivity index (χ3n) is 5.31. The lowest BCUT2D eigenvalue weighted by molar-refractivity contribution is -0.0631. The first kappa shape index (κ1) is 19.3. The predicted octanol–water partition coefficient (Wildman–Crippen LogP) is 4.35. The second-order valence-electron chi connectivity index (χ2n) is 7.05. The molecule has 150 valence electrons. The van der Waals surface area contributed by atoms with Crippen molar-refractivity contribution in [2.45, 2.75) is 30.8 Å². The van der Waals surface area contributed by atoms with Crippen molar-refractivity contribution in [2.24, 2.45) is 0 Å². The molecule has 2 aliphatic rings. The van der Waals surface area contributed by atoms with Gasteiger partial charge in [-0.2, -0.15) is 0 Å². The van der Waals surface area contributed by atoms with Crippen LogP contribution in [0, 0.1) is 0 Å². The molecule has 2 aromatic carbocycles. The van der Waals surface area contributed by atoms with Crippen LogP contribution in [0.25, 0.3) is 0 Å². The highest BCUT2D eigenvalue weighted by Crippen LogP contribution is 2.49. The quantitative estimate of drug-likeness (QED) is 0.762. The van der Waals surface area contributed by atoms with E-state index in [1.807, 2.05) is 4.90 Å². The molecule has 2 aliphatic heterocycles. The van der Waals surface area contributed by atoms with Gasteiger partial charge in [0.25, 0.3) is 12.9 Å². The normalized spacial score (nSPS) is 27.7. The zero-order valence-electron chi connectivity index (χ0n) is 14.8. The highest BCUT2D eigenvalue weighted by molar-refractivity contribution is 5.30. The number of hydrogen-bond donors (Lipinski definition) is 1. The molecule has 0 aromatic heterocycles. The van der Waals surface area contributed by atoms with E-state index < -0.39 is 30.8 Å². The Hall–Kier alpha value is -2.00. The van der Waals surface area contributed by atoms with Gasteiger partial charge in [-0.3, -0.25) is 0 Å². The summed E-state index contributed by atoms with van der Waals surface area (Å²) < 4.78 is 63.1. The summed E-state index contributed by atoms with van der Waals surface area (Å²) in [5.41, 5.74) is 0.343. The summed E-state index contributed by atoms with van der Waals surface area (Å²) in [7, 11) is 0. The number of aliphatic hydroxyl groups is 1. The van der Waals surface area contributed by atoms with Crippen LogP contribution in [0.15, 0.2) is 48.5 Å². The molecular weight excluding hydrogens is 378 g/mol. The Labute approximate surface area is 159 Å². The third kappa shape index (κ3) is 3.20. The molecule has 4 nitrogen and oxygen atoms in total. The van der Waals surface area contributed by atoms with Gasteiger partial charge in [-0.15, -0.1) is 0 Å². The van der Waals surface area contributed by atoms with Crippen molar-refractivity contribution in [3.8, 4) is 0 Å². The minimum atomic E-state index is -2.56. The third-order valence-corrected chi connectivity index (χ3v) is 5.31. The van der Waals surface area contributed by atoms with Crippen LogP contribution in [0.4, 0.5) is 17.6 Å². The highest BCUT2D eigenvalue weighted by Gasteiger charge is 2.56. The molecule has 3 atom stereocenters. The molecule has 8 heteroatoms. The van der Waals surface area contributed by atoms with Crippen LogP contribution in [0.5, 0.6) is 0 Å². The van der Waals surface area contributed by atoms with E-state index in [0.717, 1.165) is 0 Å². The molecule has 4 rings (SSSR count). The van der Waals surface area contributed by atoms with Gasteiger partial charge in [0.2, 0.25) is 0 Å². The Kier molecular flexibility index (Phi) is 5.13. The first-order valence-electron chi connectivity index (χ1n) is 8.84. The van der Waals surface area contributed by atoms with Gasteiger partial charge in [0.1, 0.15) is 12.5 Å². The maximum atomic E-state index is 12.8. The average Bonchev–Trinajstić information content (AvgIpc) is 3.26. The van der Waals surface area contributed by atoms with Gasteiger partial charge in [0.15, 0.2) is 0 Å². The van der Waals surface area contributed by atoms with E-state index >= 15 is 0 Å². The number of fused-ring (bicyclic) bond motifs is 1. The molecule has 0 aliphatic carbocycles. The van der Waals surface area contributed by atoms with E-state index in [4.69, 9.17) is 9.47 Å². The van der Waals surface area contributed by atoms with Gasteiger partial charge in [0, 0.05) is 11.1 Å². The van der Waals surface area contributed by atoms with Gasteiger partial charge in [-0.25, -0.2) is 22.5 Å². The fourth-order valence-electron chi connectivity index (χ4n) is 3.74. The number of hydrogen-bond acceptors (Lipinski definition) is 4. The number of aliphatic hydroxyl groups excluding tert-OH is 1. The van der Waals surface area contributed by atoms with Crippen molar-refractivity contribution in [1.82, 2.24) is 4.90 Å². The lowest BCUT2D eigenvalue weighted by Crippen LogP contribution is -2.47. The molecule has 0 radical (unpaired) electrons. The summed E-state index contributed by atoms with van der Waals surface area (Å²) in [5, 5.41) is 9.99. The summed E-state index contributed by atoms with van der Waals surface area (Å²) in [6.07, 6.45) is -6.35. The average molecular weight is 397 g/mol. The van der Waals surface area contributed by atoms with Gasteiger partial charge >= 0.3 is 0 Å². The topological polar surface area (TPSA) is 41.9 Å². The van der Waals surface area contributed by atoms with Gasteiger partial charge in [-0.05, 0) is 11.1 Å². The Balaban J connectivity index is 1.66. The summed E-state index contributed by atoms with van der Waals surface area (Å²) in [6, 6.07) is 11.6. The van der Waals surface area contributed by atoms with E-state index in [9.17, 15) is 22.7 Å². The number of rotatable bonds is 5. The number of alkyl halides is 4. The number of nitrogens with zero attached hydrogens (tertiary/aromatic N) is 1. The molecule has 28 heavy (non-hydrogen) atoms. The van der Waals surface area contributed by atoms with E-state index in [-0.39, 0.29) is 30.9 Å². The van der Waals surface area contributed by atoms with E-state index in [1.54, 1.807) is 24.3 Å². The molecule has 0 bridgehead atoms. The largest absolute Gasteiger partial charge is 0.394 e. The standard InChI is InChI=1S/C20H19F4NO3/c21-16(22)12-1-5-14(6-2-12)18-25-19(28-11-20(25,9-26)10-27-18)15-7-3-13(4-8-15)17(23)24/h1-8,16-19,26H,9-11H2/t18-,19?,20-/m0/s1. The van der Waals surface area contributed by atoms with Crippen molar-refractivity contribution >= 4 is 0 Å². The van der Waals surface area contributed by atoms with Gasteiger partial charge < -0.3 is 14.6 Å². The molecule has 1 unspecified atom stereocenters. The molecule has 2 saturated heterocycles. The van der Waals surface area contributed by atoms with E-state index in [0.29, 0.717) is 11.1 Å². The fraction of sp³-hybridized carbons (Fsp3) is 0.400. The maximum Gasteiger partial charge on any atom is 0.263 e. The molecule has 1 N–H and O–H groups in total. The molecule has 2 aromatic rings. The van der Waals surface area contributed by atoms with Crippen LogP contribution in [0.1, 0.15) is 47.6 Å². The van der Waals surface area contributed by atoms with Crippen LogP contribution in [0.2, 0.25) is 0 Å². The first-order valence-corrected chi connectivity index (χ1v) is 8.84. The summed E-state index contributed by atoms with van der Waals surface area (Å²) in [6.45, 7) is 0.191. The lowest BCUT2D eigenvalue weighted by atomic mass is 10.0. The summed E-state index contributed by atoms with van der Waals surface area (Å²) in [5.74, 6) is 0. The second kappa shape index (κ2) is 7.44. The predicted molar refractivity (Wildman–Crippen MR) is 91.8 cm³/mol. The van der Waals surface area contributed by atoms with Crippen LogP contribution >= 0.6 is 0 Å². The van der Waals surface area contributed by atoms with Crippen LogP contribution in [0.3, 0.4) is 0 Å². The zero-order valence-corrected chi connectivity index (χ0v) is 14.8. The summed E-state index contributed by atoms with van der Waals surface area (Å²) >= 11 is 0. The minimum absolute atomic E-state index is 0.0908. The Morgan fingerprint density at radius 2 is 1.21 bits per heavy atom. The van der Waals surface area contributed by atoms with Crippen LogP contribution < -0.4 is 0 Å². The Morgan fingerprint density at radius 3 is 1.54 bits per heavy atom.